The highest BCUT2D eigenvalue weighted by Crippen LogP contribution is 2.33. The largest absolute Gasteiger partial charge is 0.394 e. The van der Waals surface area contributed by atoms with Gasteiger partial charge >= 0.3 is 0 Å². The topological polar surface area (TPSA) is 180 Å². The first-order valence-corrected chi connectivity index (χ1v) is 7.42. The average Bonchev–Trinajstić information content (AvgIpc) is 2.55. The van der Waals surface area contributed by atoms with Crippen LogP contribution in [-0.4, -0.2) is 109 Å². The van der Waals surface area contributed by atoms with Gasteiger partial charge in [-0.1, -0.05) is 0 Å². The van der Waals surface area contributed by atoms with Crippen molar-refractivity contribution in [3.8, 4) is 0 Å². The zero-order valence-corrected chi connectivity index (χ0v) is 12.3. The van der Waals surface area contributed by atoms with Crippen molar-refractivity contribution in [3.05, 3.63) is 0 Å². The molecule has 23 heavy (non-hydrogen) atoms. The second kappa shape index (κ2) is 7.66. The van der Waals surface area contributed by atoms with E-state index in [1.807, 2.05) is 0 Å². The van der Waals surface area contributed by atoms with Gasteiger partial charge in [-0.2, -0.15) is 0 Å². The molecule has 2 fully saturated rings. The number of hydrogen-bond acceptors (Lipinski definition) is 10. The van der Waals surface area contributed by atoms with Crippen molar-refractivity contribution < 1.29 is 50.3 Å². The molecule has 0 aromatic carbocycles. The fraction of sp³-hybridized carbons (Fsp3) is 1.00. The van der Waals surface area contributed by atoms with Crippen molar-refractivity contribution in [3.63, 3.8) is 0 Å². The zero-order chi connectivity index (χ0) is 17.3. The highest BCUT2D eigenvalue weighted by molar-refractivity contribution is 4.96. The predicted molar refractivity (Wildman–Crippen MR) is 71.9 cm³/mol. The van der Waals surface area contributed by atoms with E-state index in [2.05, 4.69) is 0 Å². The third-order valence-corrected chi connectivity index (χ3v) is 4.55. The van der Waals surface area contributed by atoms with E-state index in [-0.39, 0.29) is 6.42 Å². The van der Waals surface area contributed by atoms with Crippen molar-refractivity contribution in [1.82, 2.24) is 0 Å². The summed E-state index contributed by atoms with van der Waals surface area (Å²) in [6.07, 6.45) is -12.6. The Kier molecular flexibility index (Phi) is 6.30. The monoisotopic (exact) mass is 340 g/mol. The number of aliphatic hydroxyl groups is 8. The lowest BCUT2D eigenvalue weighted by Crippen LogP contribution is -2.61. The summed E-state index contributed by atoms with van der Waals surface area (Å²) < 4.78 is 10.3. The minimum atomic E-state index is -1.66. The minimum absolute atomic E-state index is 0.141. The fourth-order valence-corrected chi connectivity index (χ4v) is 3.11. The molecule has 0 spiro atoms. The van der Waals surface area contributed by atoms with Gasteiger partial charge in [0.15, 0.2) is 6.29 Å². The second-order valence-electron chi connectivity index (χ2n) is 6.00. The van der Waals surface area contributed by atoms with Crippen LogP contribution >= 0.6 is 0 Å². The lowest BCUT2D eigenvalue weighted by molar-refractivity contribution is -0.286. The average molecular weight is 340 g/mol. The predicted octanol–water partition coefficient (Wildman–Crippen LogP) is -4.73. The molecule has 10 nitrogen and oxygen atoms in total. The molecule has 0 aliphatic carbocycles. The van der Waals surface area contributed by atoms with E-state index in [4.69, 9.17) is 14.6 Å². The SMILES string of the molecule is OCC1O[C@@H](C[C@@H]2C(CO)O[C@@H](O)C(O)C2O)C(O)C(O)[C@H]1O. The van der Waals surface area contributed by atoms with Crippen LogP contribution in [0.2, 0.25) is 0 Å². The maximum atomic E-state index is 10.1. The van der Waals surface area contributed by atoms with E-state index < -0.39 is 74.3 Å². The molecule has 0 radical (unpaired) electrons. The molecule has 136 valence electrons. The molecule has 8 N–H and O–H groups in total. The van der Waals surface area contributed by atoms with Crippen LogP contribution in [0.15, 0.2) is 0 Å². The van der Waals surface area contributed by atoms with E-state index in [9.17, 15) is 35.7 Å². The smallest absolute Gasteiger partial charge is 0.183 e. The van der Waals surface area contributed by atoms with Gasteiger partial charge in [-0.15, -0.1) is 0 Å². The van der Waals surface area contributed by atoms with Gasteiger partial charge in [-0.05, 0) is 6.42 Å². The molecule has 2 aliphatic rings. The van der Waals surface area contributed by atoms with Crippen LogP contribution in [0.4, 0.5) is 0 Å². The Bertz CT molecular complexity index is 378. The van der Waals surface area contributed by atoms with Crippen LogP contribution in [0.5, 0.6) is 0 Å². The first kappa shape index (κ1) is 18.9. The zero-order valence-electron chi connectivity index (χ0n) is 12.3. The summed E-state index contributed by atoms with van der Waals surface area (Å²) in [4.78, 5) is 0. The Morgan fingerprint density at radius 3 is 1.70 bits per heavy atom. The van der Waals surface area contributed by atoms with Gasteiger partial charge in [-0.3, -0.25) is 0 Å². The third kappa shape index (κ3) is 3.66. The van der Waals surface area contributed by atoms with E-state index in [1.54, 1.807) is 0 Å². The Morgan fingerprint density at radius 2 is 1.13 bits per heavy atom. The molecule has 0 saturated carbocycles. The normalized spacial score (nSPS) is 51.7. The highest BCUT2D eigenvalue weighted by Gasteiger charge is 2.49. The molecular formula is C13H24O10. The van der Waals surface area contributed by atoms with Crippen LogP contribution in [0.1, 0.15) is 6.42 Å². The van der Waals surface area contributed by atoms with Gasteiger partial charge < -0.3 is 50.3 Å². The van der Waals surface area contributed by atoms with Crippen molar-refractivity contribution in [2.24, 2.45) is 5.92 Å². The summed E-state index contributed by atoms with van der Waals surface area (Å²) in [5.74, 6) is -0.903. The molecule has 2 saturated heterocycles. The van der Waals surface area contributed by atoms with Crippen molar-refractivity contribution in [2.75, 3.05) is 13.2 Å². The van der Waals surface area contributed by atoms with Crippen LogP contribution in [0, 0.1) is 5.92 Å². The van der Waals surface area contributed by atoms with Gasteiger partial charge in [0.1, 0.15) is 30.5 Å². The lowest BCUT2D eigenvalue weighted by atomic mass is 9.81. The van der Waals surface area contributed by atoms with Crippen LogP contribution in [0.25, 0.3) is 0 Å². The molecule has 2 rings (SSSR count). The van der Waals surface area contributed by atoms with E-state index in [0.29, 0.717) is 0 Å². The molecule has 10 atom stereocenters. The molecular weight excluding hydrogens is 316 g/mol. The Morgan fingerprint density at radius 1 is 0.565 bits per heavy atom. The van der Waals surface area contributed by atoms with Crippen LogP contribution in [0.3, 0.4) is 0 Å². The third-order valence-electron chi connectivity index (χ3n) is 4.55. The molecule has 0 bridgehead atoms. The molecule has 2 heterocycles. The maximum Gasteiger partial charge on any atom is 0.183 e. The molecule has 0 aromatic heterocycles. The van der Waals surface area contributed by atoms with E-state index >= 15 is 0 Å². The van der Waals surface area contributed by atoms with Gasteiger partial charge in [-0.25, -0.2) is 0 Å². The highest BCUT2D eigenvalue weighted by atomic mass is 16.6. The van der Waals surface area contributed by atoms with Gasteiger partial charge in [0.25, 0.3) is 0 Å². The standard InChI is InChI=1S/C13H24O10/c14-2-6-4(8(16)12(20)13(21)23-6)1-5-9(17)11(19)10(18)7(3-15)22-5/h4-21H,1-3H2/t4-,5+,6?,7?,8?,9?,10+,11?,12?,13-/m1/s1. The van der Waals surface area contributed by atoms with Crippen LogP contribution in [-0.2, 0) is 9.47 Å². The Labute approximate surface area is 132 Å². The minimum Gasteiger partial charge on any atom is -0.394 e. The first-order chi connectivity index (χ1) is 10.8. The Balaban J connectivity index is 2.11. The molecule has 0 aromatic rings. The quantitative estimate of drug-likeness (QED) is 0.247. The number of ether oxygens (including phenoxy) is 2. The second-order valence-corrected chi connectivity index (χ2v) is 6.00. The van der Waals surface area contributed by atoms with Crippen LogP contribution < -0.4 is 0 Å². The number of aliphatic hydroxyl groups excluding tert-OH is 8. The molecule has 6 unspecified atom stereocenters. The van der Waals surface area contributed by atoms with Crippen molar-refractivity contribution in [1.29, 1.82) is 0 Å². The van der Waals surface area contributed by atoms with Crippen molar-refractivity contribution >= 4 is 0 Å². The Hall–Kier alpha value is -0.400. The fourth-order valence-electron chi connectivity index (χ4n) is 3.11. The summed E-state index contributed by atoms with van der Waals surface area (Å²) in [6, 6.07) is 0. The summed E-state index contributed by atoms with van der Waals surface area (Å²) in [5, 5.41) is 77.1. The van der Waals surface area contributed by atoms with Gasteiger partial charge in [0.2, 0.25) is 0 Å². The summed E-state index contributed by atoms with van der Waals surface area (Å²) >= 11 is 0. The van der Waals surface area contributed by atoms with E-state index in [1.165, 1.54) is 0 Å². The molecule has 0 amide bonds. The summed E-state index contributed by atoms with van der Waals surface area (Å²) in [7, 11) is 0. The molecule has 10 heteroatoms. The van der Waals surface area contributed by atoms with E-state index in [0.717, 1.165) is 0 Å². The number of rotatable bonds is 4. The maximum absolute atomic E-state index is 10.1. The lowest BCUT2D eigenvalue weighted by Gasteiger charge is -2.45. The molecule has 2 aliphatic heterocycles. The summed E-state index contributed by atoms with van der Waals surface area (Å²) in [6.45, 7) is -1.14. The van der Waals surface area contributed by atoms with Crippen molar-refractivity contribution in [2.45, 2.75) is 61.5 Å². The van der Waals surface area contributed by atoms with Gasteiger partial charge in [0.05, 0.1) is 31.5 Å². The summed E-state index contributed by atoms with van der Waals surface area (Å²) in [5.41, 5.74) is 0. The van der Waals surface area contributed by atoms with Gasteiger partial charge in [0, 0.05) is 5.92 Å². The number of hydrogen-bond donors (Lipinski definition) is 8. The first-order valence-electron chi connectivity index (χ1n) is 7.42.